The van der Waals surface area contributed by atoms with Gasteiger partial charge in [0.15, 0.2) is 0 Å². The lowest BCUT2D eigenvalue weighted by molar-refractivity contribution is 0.102. The SMILES string of the molecule is CC1=NC(=O)S/C1=C\c1ccc2nn(C(c3ccccc3C(F)(F)P)C3CC3)cc2c1. The molecule has 1 aliphatic heterocycles. The number of amides is 1. The largest absolute Gasteiger partial charge is 0.309 e. The highest BCUT2D eigenvalue weighted by Crippen LogP contribution is 2.48. The van der Waals surface area contributed by atoms with Crippen molar-refractivity contribution < 1.29 is 13.6 Å². The summed E-state index contributed by atoms with van der Waals surface area (Å²) in [6, 6.07) is 12.4. The van der Waals surface area contributed by atoms with E-state index in [-0.39, 0.29) is 16.8 Å². The monoisotopic (exact) mass is 455 g/mol. The zero-order chi connectivity index (χ0) is 21.8. The Morgan fingerprint density at radius 3 is 2.71 bits per heavy atom. The van der Waals surface area contributed by atoms with Gasteiger partial charge in [-0.2, -0.15) is 13.9 Å². The van der Waals surface area contributed by atoms with Crippen molar-refractivity contribution in [3.8, 4) is 0 Å². The molecule has 0 N–H and O–H groups in total. The Morgan fingerprint density at radius 1 is 1.26 bits per heavy atom. The second-order valence-electron chi connectivity index (χ2n) is 7.99. The molecule has 2 aliphatic rings. The van der Waals surface area contributed by atoms with Gasteiger partial charge in [0.25, 0.3) is 5.66 Å². The minimum atomic E-state index is -2.99. The summed E-state index contributed by atoms with van der Waals surface area (Å²) in [6.07, 6.45) is 5.87. The van der Waals surface area contributed by atoms with Gasteiger partial charge < -0.3 is 0 Å². The third-order valence-electron chi connectivity index (χ3n) is 5.65. The molecule has 2 unspecified atom stereocenters. The van der Waals surface area contributed by atoms with Gasteiger partial charge >= 0.3 is 5.24 Å². The minimum Gasteiger partial charge on any atom is -0.264 e. The average Bonchev–Trinajstić information content (AvgIpc) is 3.37. The third kappa shape index (κ3) is 4.09. The molecule has 2 atom stereocenters. The van der Waals surface area contributed by atoms with E-state index in [2.05, 4.69) is 4.99 Å². The van der Waals surface area contributed by atoms with Gasteiger partial charge in [0.1, 0.15) is 0 Å². The maximum Gasteiger partial charge on any atom is 0.309 e. The highest BCUT2D eigenvalue weighted by Gasteiger charge is 2.39. The molecular weight excluding hydrogens is 435 g/mol. The number of benzene rings is 2. The van der Waals surface area contributed by atoms with Crippen LogP contribution in [0.4, 0.5) is 13.6 Å². The van der Waals surface area contributed by atoms with Gasteiger partial charge in [-0.05, 0) is 66.8 Å². The lowest BCUT2D eigenvalue weighted by Gasteiger charge is -2.23. The normalized spacial score (nSPS) is 19.3. The summed E-state index contributed by atoms with van der Waals surface area (Å²) in [6.45, 7) is 1.82. The summed E-state index contributed by atoms with van der Waals surface area (Å²) in [5, 5.41) is 5.47. The van der Waals surface area contributed by atoms with Crippen LogP contribution >= 0.6 is 21.0 Å². The predicted molar refractivity (Wildman–Crippen MR) is 125 cm³/mol. The Bertz CT molecular complexity index is 1260. The van der Waals surface area contributed by atoms with Crippen LogP contribution in [0.1, 0.15) is 42.5 Å². The molecule has 1 fully saturated rings. The van der Waals surface area contributed by atoms with E-state index in [1.165, 1.54) is 6.07 Å². The van der Waals surface area contributed by atoms with Crippen molar-refractivity contribution in [2.75, 3.05) is 0 Å². The van der Waals surface area contributed by atoms with Gasteiger partial charge in [0, 0.05) is 22.1 Å². The van der Waals surface area contributed by atoms with Crippen LogP contribution in [0.15, 0.2) is 58.6 Å². The number of halogens is 2. The summed E-state index contributed by atoms with van der Waals surface area (Å²) in [5.74, 6) is 0.296. The van der Waals surface area contributed by atoms with Gasteiger partial charge in [-0.15, -0.1) is 0 Å². The molecule has 2 aromatic carbocycles. The van der Waals surface area contributed by atoms with Crippen LogP contribution in [0.3, 0.4) is 0 Å². The Balaban J connectivity index is 1.55. The van der Waals surface area contributed by atoms with Crippen LogP contribution < -0.4 is 0 Å². The molecule has 2 heterocycles. The van der Waals surface area contributed by atoms with Gasteiger partial charge in [0.2, 0.25) is 0 Å². The van der Waals surface area contributed by atoms with Gasteiger partial charge in [-0.1, -0.05) is 39.6 Å². The predicted octanol–water partition coefficient (Wildman–Crippen LogP) is 6.63. The van der Waals surface area contributed by atoms with Gasteiger partial charge in [-0.3, -0.25) is 9.48 Å². The van der Waals surface area contributed by atoms with E-state index in [0.29, 0.717) is 11.5 Å². The Morgan fingerprint density at radius 2 is 2.03 bits per heavy atom. The fourth-order valence-corrected chi connectivity index (χ4v) is 5.07. The molecule has 31 heavy (non-hydrogen) atoms. The first-order chi connectivity index (χ1) is 14.8. The van der Waals surface area contributed by atoms with E-state index in [9.17, 15) is 13.6 Å². The summed E-state index contributed by atoms with van der Waals surface area (Å²) < 4.78 is 30.4. The van der Waals surface area contributed by atoms with Crippen LogP contribution in [0, 0.1) is 5.92 Å². The second-order valence-corrected chi connectivity index (χ2v) is 9.71. The number of allylic oxidation sites excluding steroid dienone is 1. The molecule has 1 saturated carbocycles. The molecule has 0 saturated heterocycles. The average molecular weight is 455 g/mol. The van der Waals surface area contributed by atoms with Gasteiger partial charge in [0.05, 0.1) is 17.3 Å². The molecule has 5 rings (SSSR count). The van der Waals surface area contributed by atoms with Crippen molar-refractivity contribution in [2.45, 2.75) is 31.5 Å². The van der Waals surface area contributed by atoms with Crippen molar-refractivity contribution in [1.29, 1.82) is 0 Å². The standard InChI is InChI=1S/C23H20F2N3OPS/c1-13-20(31-22(29)26-13)11-14-6-9-19-16(10-14)12-28(27-19)21(15-7-8-15)17-4-2-3-5-18(17)23(24,25)30/h2-6,9-12,15,21H,7-8,30H2,1H3/b20-11-. The molecule has 0 radical (unpaired) electrons. The maximum absolute atomic E-state index is 14.3. The second kappa shape index (κ2) is 7.64. The first-order valence-corrected chi connectivity index (χ1v) is 11.4. The Hall–Kier alpha value is -2.37. The van der Waals surface area contributed by atoms with E-state index in [0.717, 1.165) is 51.7 Å². The smallest absolute Gasteiger partial charge is 0.264 e. The van der Waals surface area contributed by atoms with E-state index in [4.69, 9.17) is 5.10 Å². The highest BCUT2D eigenvalue weighted by atomic mass is 32.2. The van der Waals surface area contributed by atoms with Crippen molar-refractivity contribution in [3.63, 3.8) is 0 Å². The first kappa shape index (κ1) is 20.5. The Kier molecular flexibility index (Phi) is 5.06. The van der Waals surface area contributed by atoms with E-state index in [1.54, 1.807) is 21.4 Å². The van der Waals surface area contributed by atoms with Crippen LogP contribution in [-0.2, 0) is 5.66 Å². The topological polar surface area (TPSA) is 47.2 Å². The lowest BCUT2D eigenvalue weighted by atomic mass is 9.97. The number of nitrogens with zero attached hydrogens (tertiary/aromatic N) is 3. The Labute approximate surface area is 185 Å². The minimum absolute atomic E-state index is 0.0274. The van der Waals surface area contributed by atoms with Crippen LogP contribution in [0.5, 0.6) is 0 Å². The van der Waals surface area contributed by atoms with Crippen LogP contribution in [-0.4, -0.2) is 20.7 Å². The molecule has 0 spiro atoms. The quantitative estimate of drug-likeness (QED) is 0.406. The summed E-state index contributed by atoms with van der Waals surface area (Å²) in [4.78, 5) is 16.3. The summed E-state index contributed by atoms with van der Waals surface area (Å²) in [5.41, 5.74) is 0.120. The molecular formula is C23H20F2N3OPS. The number of aliphatic imine (C=N–C) groups is 1. The van der Waals surface area contributed by atoms with E-state index in [1.807, 2.05) is 48.1 Å². The molecule has 1 aromatic heterocycles. The molecule has 8 heteroatoms. The van der Waals surface area contributed by atoms with E-state index < -0.39 is 5.66 Å². The number of carbonyl (C=O) groups excluding carboxylic acids is 1. The number of thioether (sulfide) groups is 1. The van der Waals surface area contributed by atoms with Crippen molar-refractivity contribution >= 4 is 48.9 Å². The number of hydrogen-bond donors (Lipinski definition) is 0. The van der Waals surface area contributed by atoms with Gasteiger partial charge in [-0.25, -0.2) is 4.99 Å². The molecule has 0 bridgehead atoms. The molecule has 4 nitrogen and oxygen atoms in total. The summed E-state index contributed by atoms with van der Waals surface area (Å²) in [7, 11) is 1.66. The van der Waals surface area contributed by atoms with Crippen LogP contribution in [0.25, 0.3) is 17.0 Å². The molecule has 1 amide bonds. The molecule has 1 aliphatic carbocycles. The zero-order valence-corrected chi connectivity index (χ0v) is 18.7. The fourth-order valence-electron chi connectivity index (χ4n) is 4.05. The number of fused-ring (bicyclic) bond motifs is 1. The van der Waals surface area contributed by atoms with Crippen LogP contribution in [0.2, 0.25) is 0 Å². The van der Waals surface area contributed by atoms with Crippen molar-refractivity contribution in [1.82, 2.24) is 9.78 Å². The fraction of sp³-hybridized carbons (Fsp3) is 0.261. The number of rotatable bonds is 5. The zero-order valence-electron chi connectivity index (χ0n) is 16.8. The highest BCUT2D eigenvalue weighted by molar-refractivity contribution is 8.18. The number of carbonyl (C=O) groups is 1. The van der Waals surface area contributed by atoms with Crippen molar-refractivity contribution in [2.24, 2.45) is 10.9 Å². The first-order valence-electron chi connectivity index (χ1n) is 10.0. The maximum atomic E-state index is 14.3. The number of hydrogen-bond acceptors (Lipinski definition) is 3. The van der Waals surface area contributed by atoms with E-state index >= 15 is 0 Å². The molecule has 3 aromatic rings. The number of alkyl halides is 2. The summed E-state index contributed by atoms with van der Waals surface area (Å²) >= 11 is 1.12. The number of aromatic nitrogens is 2. The third-order valence-corrected chi connectivity index (χ3v) is 6.86. The van der Waals surface area contributed by atoms with Crippen molar-refractivity contribution in [3.05, 3.63) is 70.3 Å². The lowest BCUT2D eigenvalue weighted by Crippen LogP contribution is -2.18. The molecule has 158 valence electrons.